The van der Waals surface area contributed by atoms with E-state index in [1.165, 1.54) is 0 Å². The molecule has 16 heavy (non-hydrogen) atoms. The van der Waals surface area contributed by atoms with Crippen molar-refractivity contribution in [2.45, 2.75) is 52.5 Å². The highest BCUT2D eigenvalue weighted by molar-refractivity contribution is 4.81. The SMILES string of the molecule is CCN(CCCC(N)(CC)CO)CC(C)C. The highest BCUT2D eigenvalue weighted by atomic mass is 16.3. The second-order valence-electron chi connectivity index (χ2n) is 5.26. The van der Waals surface area contributed by atoms with E-state index in [1.807, 2.05) is 6.92 Å². The molecule has 0 aromatic rings. The van der Waals surface area contributed by atoms with Crippen LogP contribution in [0.15, 0.2) is 0 Å². The molecule has 0 aliphatic heterocycles. The van der Waals surface area contributed by atoms with Crippen LogP contribution in [-0.2, 0) is 0 Å². The van der Waals surface area contributed by atoms with E-state index < -0.39 is 0 Å². The molecule has 0 aliphatic carbocycles. The lowest BCUT2D eigenvalue weighted by atomic mass is 9.92. The third-order valence-corrected chi connectivity index (χ3v) is 3.24. The Kier molecular flexibility index (Phi) is 7.98. The van der Waals surface area contributed by atoms with Crippen molar-refractivity contribution in [2.24, 2.45) is 11.7 Å². The molecule has 1 atom stereocenters. The molecule has 0 rings (SSSR count). The quantitative estimate of drug-likeness (QED) is 0.635. The van der Waals surface area contributed by atoms with Crippen molar-refractivity contribution in [3.63, 3.8) is 0 Å². The summed E-state index contributed by atoms with van der Waals surface area (Å²) in [4.78, 5) is 2.46. The van der Waals surface area contributed by atoms with Crippen LogP contribution in [-0.4, -0.2) is 41.8 Å². The molecule has 0 spiro atoms. The molecule has 3 heteroatoms. The Hall–Kier alpha value is -0.120. The van der Waals surface area contributed by atoms with Gasteiger partial charge in [-0.3, -0.25) is 0 Å². The summed E-state index contributed by atoms with van der Waals surface area (Å²) >= 11 is 0. The number of hydrogen-bond acceptors (Lipinski definition) is 3. The fourth-order valence-corrected chi connectivity index (χ4v) is 1.92. The fourth-order valence-electron chi connectivity index (χ4n) is 1.92. The molecule has 0 aromatic heterocycles. The van der Waals surface area contributed by atoms with Gasteiger partial charge in [0.15, 0.2) is 0 Å². The molecular formula is C13H30N2O. The summed E-state index contributed by atoms with van der Waals surface area (Å²) in [5.41, 5.74) is 5.69. The van der Waals surface area contributed by atoms with Gasteiger partial charge in [0, 0.05) is 12.1 Å². The lowest BCUT2D eigenvalue weighted by Gasteiger charge is -2.28. The summed E-state index contributed by atoms with van der Waals surface area (Å²) in [6, 6.07) is 0. The van der Waals surface area contributed by atoms with E-state index in [0.29, 0.717) is 5.92 Å². The van der Waals surface area contributed by atoms with Crippen molar-refractivity contribution in [2.75, 3.05) is 26.2 Å². The van der Waals surface area contributed by atoms with Gasteiger partial charge in [-0.25, -0.2) is 0 Å². The van der Waals surface area contributed by atoms with Crippen LogP contribution >= 0.6 is 0 Å². The van der Waals surface area contributed by atoms with Gasteiger partial charge in [0.25, 0.3) is 0 Å². The van der Waals surface area contributed by atoms with Crippen LogP contribution in [0.2, 0.25) is 0 Å². The summed E-state index contributed by atoms with van der Waals surface area (Å²) in [6.45, 7) is 12.2. The molecule has 0 aromatic carbocycles. The zero-order valence-corrected chi connectivity index (χ0v) is 11.5. The van der Waals surface area contributed by atoms with Crippen LogP contribution in [0.1, 0.15) is 47.0 Å². The van der Waals surface area contributed by atoms with Crippen molar-refractivity contribution in [1.29, 1.82) is 0 Å². The number of nitrogens with zero attached hydrogens (tertiary/aromatic N) is 1. The smallest absolute Gasteiger partial charge is 0.0611 e. The number of nitrogens with two attached hydrogens (primary N) is 1. The van der Waals surface area contributed by atoms with Gasteiger partial charge in [0.1, 0.15) is 0 Å². The maximum absolute atomic E-state index is 9.21. The Morgan fingerprint density at radius 1 is 1.31 bits per heavy atom. The third kappa shape index (κ3) is 6.46. The molecule has 0 bridgehead atoms. The summed E-state index contributed by atoms with van der Waals surface area (Å²) in [7, 11) is 0. The number of aliphatic hydroxyl groups excluding tert-OH is 1. The molecule has 3 nitrogen and oxygen atoms in total. The van der Waals surface area contributed by atoms with Crippen LogP contribution < -0.4 is 5.73 Å². The predicted octanol–water partition coefficient (Wildman–Crippen LogP) is 1.84. The summed E-state index contributed by atoms with van der Waals surface area (Å²) in [6.07, 6.45) is 2.83. The van der Waals surface area contributed by atoms with Crippen molar-refractivity contribution in [3.8, 4) is 0 Å². The predicted molar refractivity (Wildman–Crippen MR) is 70.5 cm³/mol. The summed E-state index contributed by atoms with van der Waals surface area (Å²) in [5.74, 6) is 0.714. The van der Waals surface area contributed by atoms with E-state index in [1.54, 1.807) is 0 Å². The Morgan fingerprint density at radius 3 is 2.31 bits per heavy atom. The van der Waals surface area contributed by atoms with Gasteiger partial charge in [-0.15, -0.1) is 0 Å². The maximum atomic E-state index is 9.21. The van der Waals surface area contributed by atoms with Crippen LogP contribution in [0.4, 0.5) is 0 Å². The van der Waals surface area contributed by atoms with Gasteiger partial charge in [-0.2, -0.15) is 0 Å². The highest BCUT2D eigenvalue weighted by Crippen LogP contribution is 2.14. The molecule has 3 N–H and O–H groups in total. The molecule has 0 saturated heterocycles. The third-order valence-electron chi connectivity index (χ3n) is 3.24. The maximum Gasteiger partial charge on any atom is 0.0611 e. The summed E-state index contributed by atoms with van der Waals surface area (Å²) < 4.78 is 0. The van der Waals surface area contributed by atoms with Crippen molar-refractivity contribution in [3.05, 3.63) is 0 Å². The van der Waals surface area contributed by atoms with Gasteiger partial charge in [-0.1, -0.05) is 27.7 Å². The minimum absolute atomic E-state index is 0.0970. The van der Waals surface area contributed by atoms with E-state index in [-0.39, 0.29) is 12.1 Å². The average Bonchev–Trinajstić information content (AvgIpc) is 2.26. The Balaban J connectivity index is 3.85. The van der Waals surface area contributed by atoms with Crippen molar-refractivity contribution >= 4 is 0 Å². The first kappa shape index (κ1) is 15.9. The molecule has 0 amide bonds. The standard InChI is InChI=1S/C13H30N2O/c1-5-13(14,11-16)8-7-9-15(6-2)10-12(3)4/h12,16H,5-11,14H2,1-4H3. The van der Waals surface area contributed by atoms with E-state index in [4.69, 9.17) is 5.73 Å². The first-order valence-corrected chi connectivity index (χ1v) is 6.59. The molecule has 0 saturated carbocycles. The fraction of sp³-hybridized carbons (Fsp3) is 1.00. The molecule has 0 aliphatic rings. The topological polar surface area (TPSA) is 49.5 Å². The van der Waals surface area contributed by atoms with Crippen LogP contribution in [0, 0.1) is 5.92 Å². The Bertz CT molecular complexity index is 167. The van der Waals surface area contributed by atoms with E-state index in [9.17, 15) is 5.11 Å². The van der Waals surface area contributed by atoms with Crippen LogP contribution in [0.25, 0.3) is 0 Å². The minimum Gasteiger partial charge on any atom is -0.394 e. The monoisotopic (exact) mass is 230 g/mol. The van der Waals surface area contributed by atoms with Crippen molar-refractivity contribution in [1.82, 2.24) is 4.90 Å². The number of hydrogen-bond donors (Lipinski definition) is 2. The largest absolute Gasteiger partial charge is 0.394 e. The first-order valence-electron chi connectivity index (χ1n) is 6.59. The van der Waals surface area contributed by atoms with E-state index in [0.717, 1.165) is 38.9 Å². The highest BCUT2D eigenvalue weighted by Gasteiger charge is 2.21. The van der Waals surface area contributed by atoms with Gasteiger partial charge in [-0.05, 0) is 38.3 Å². The van der Waals surface area contributed by atoms with Gasteiger partial charge in [0.2, 0.25) is 0 Å². The summed E-state index contributed by atoms with van der Waals surface area (Å²) in [5, 5.41) is 9.21. The number of rotatable bonds is 9. The van der Waals surface area contributed by atoms with Gasteiger partial charge < -0.3 is 15.7 Å². The van der Waals surface area contributed by atoms with Crippen LogP contribution in [0.3, 0.4) is 0 Å². The second-order valence-corrected chi connectivity index (χ2v) is 5.26. The molecule has 0 radical (unpaired) electrons. The van der Waals surface area contributed by atoms with Gasteiger partial charge in [0.05, 0.1) is 6.61 Å². The Morgan fingerprint density at radius 2 is 1.94 bits per heavy atom. The van der Waals surface area contributed by atoms with Crippen molar-refractivity contribution < 1.29 is 5.11 Å². The second kappa shape index (κ2) is 8.04. The van der Waals surface area contributed by atoms with Gasteiger partial charge >= 0.3 is 0 Å². The lowest BCUT2D eigenvalue weighted by Crippen LogP contribution is -2.43. The van der Waals surface area contributed by atoms with Crippen LogP contribution in [0.5, 0.6) is 0 Å². The van der Waals surface area contributed by atoms with E-state index >= 15 is 0 Å². The first-order chi connectivity index (χ1) is 7.47. The average molecular weight is 230 g/mol. The molecule has 0 fully saturated rings. The zero-order chi connectivity index (χ0) is 12.6. The molecule has 0 heterocycles. The zero-order valence-electron chi connectivity index (χ0n) is 11.5. The Labute approximate surface area is 101 Å². The molecule has 1 unspecified atom stereocenters. The molecular weight excluding hydrogens is 200 g/mol. The minimum atomic E-state index is -0.364. The number of aliphatic hydroxyl groups is 1. The normalized spacial score (nSPS) is 15.8. The lowest BCUT2D eigenvalue weighted by molar-refractivity contribution is 0.170. The van der Waals surface area contributed by atoms with E-state index in [2.05, 4.69) is 25.7 Å². The molecule has 98 valence electrons.